The summed E-state index contributed by atoms with van der Waals surface area (Å²) < 4.78 is 34.8. The SMILES string of the molecule is O=CC1CN(Cc2ccccc2)CC2(CCN(S(=O)(=O)c3ccc(-c4ccc5cccnc5c4)cc3)CC2)O1. The molecule has 2 saturated heterocycles. The van der Waals surface area contributed by atoms with Gasteiger partial charge in [-0.3, -0.25) is 9.88 Å². The highest BCUT2D eigenvalue weighted by molar-refractivity contribution is 7.89. The number of carbonyl (C=O) groups is 1. The lowest BCUT2D eigenvalue weighted by Gasteiger charge is -2.48. The van der Waals surface area contributed by atoms with Crippen LogP contribution in [0.4, 0.5) is 0 Å². The number of piperidine rings is 1. The van der Waals surface area contributed by atoms with Crippen LogP contribution in [-0.2, 0) is 26.1 Å². The summed E-state index contributed by atoms with van der Waals surface area (Å²) in [7, 11) is -3.65. The number of nitrogens with zero attached hydrogens (tertiary/aromatic N) is 3. The highest BCUT2D eigenvalue weighted by Gasteiger charge is 2.45. The predicted octanol–water partition coefficient (Wildman–Crippen LogP) is 4.53. The van der Waals surface area contributed by atoms with E-state index in [1.807, 2.05) is 60.7 Å². The van der Waals surface area contributed by atoms with E-state index in [0.29, 0.717) is 39.0 Å². The van der Waals surface area contributed by atoms with Crippen LogP contribution in [0.2, 0.25) is 0 Å². The van der Waals surface area contributed by atoms with E-state index in [1.54, 1.807) is 22.6 Å². The lowest BCUT2D eigenvalue weighted by Crippen LogP contribution is -2.60. The van der Waals surface area contributed by atoms with Crippen molar-refractivity contribution in [3.63, 3.8) is 0 Å². The largest absolute Gasteiger partial charge is 0.362 e. The molecule has 0 amide bonds. The summed E-state index contributed by atoms with van der Waals surface area (Å²) >= 11 is 0. The summed E-state index contributed by atoms with van der Waals surface area (Å²) in [5.74, 6) is 0. The van der Waals surface area contributed by atoms with Crippen LogP contribution in [-0.4, -0.2) is 66.8 Å². The van der Waals surface area contributed by atoms with E-state index in [-0.39, 0.29) is 4.90 Å². The molecule has 0 aliphatic carbocycles. The zero-order valence-corrected chi connectivity index (χ0v) is 22.5. The minimum absolute atomic E-state index is 0.280. The maximum atomic E-state index is 13.5. The fourth-order valence-electron chi connectivity index (χ4n) is 5.78. The van der Waals surface area contributed by atoms with Gasteiger partial charge in [-0.05, 0) is 53.8 Å². The smallest absolute Gasteiger partial charge is 0.243 e. The first-order chi connectivity index (χ1) is 18.9. The minimum Gasteiger partial charge on any atom is -0.362 e. The number of carbonyl (C=O) groups excluding carboxylic acids is 1. The van der Waals surface area contributed by atoms with Gasteiger partial charge >= 0.3 is 0 Å². The molecule has 0 radical (unpaired) electrons. The predicted molar refractivity (Wildman–Crippen MR) is 151 cm³/mol. The van der Waals surface area contributed by atoms with Crippen LogP contribution >= 0.6 is 0 Å². The van der Waals surface area contributed by atoms with Gasteiger partial charge in [-0.1, -0.05) is 60.7 Å². The van der Waals surface area contributed by atoms with Gasteiger partial charge < -0.3 is 9.53 Å². The molecule has 1 aromatic heterocycles. The van der Waals surface area contributed by atoms with Gasteiger partial charge in [0.25, 0.3) is 0 Å². The van der Waals surface area contributed by atoms with Gasteiger partial charge in [0, 0.05) is 44.3 Å². The molecule has 2 aliphatic heterocycles. The van der Waals surface area contributed by atoms with Crippen molar-refractivity contribution in [2.24, 2.45) is 0 Å². The topological polar surface area (TPSA) is 79.8 Å². The van der Waals surface area contributed by atoms with Gasteiger partial charge in [0.15, 0.2) is 0 Å². The Balaban J connectivity index is 1.15. The number of hydrogen-bond donors (Lipinski definition) is 0. The van der Waals surface area contributed by atoms with Crippen LogP contribution in [0.3, 0.4) is 0 Å². The highest BCUT2D eigenvalue weighted by atomic mass is 32.2. The Hall–Kier alpha value is -3.43. The van der Waals surface area contributed by atoms with E-state index in [9.17, 15) is 13.2 Å². The van der Waals surface area contributed by atoms with Crippen molar-refractivity contribution in [1.82, 2.24) is 14.2 Å². The lowest BCUT2D eigenvalue weighted by molar-refractivity contribution is -0.174. The van der Waals surface area contributed by atoms with Crippen LogP contribution in [0.25, 0.3) is 22.0 Å². The number of aldehydes is 1. The standard InChI is InChI=1S/C31H31N3O4S/c35-22-28-21-33(20-24-5-2-1-3-6-24)23-31(38-28)14-17-34(18-15-31)39(36,37)29-12-10-25(11-13-29)27-9-8-26-7-4-16-32-30(26)19-27/h1-13,16,19,22,28H,14-15,17-18,20-21,23H2. The van der Waals surface area contributed by atoms with Crippen molar-refractivity contribution >= 4 is 27.2 Å². The Morgan fingerprint density at radius 1 is 0.923 bits per heavy atom. The monoisotopic (exact) mass is 541 g/mol. The fourth-order valence-corrected chi connectivity index (χ4v) is 7.22. The minimum atomic E-state index is -3.65. The molecular formula is C31H31N3O4S. The third-order valence-electron chi connectivity index (χ3n) is 7.82. The van der Waals surface area contributed by atoms with E-state index in [4.69, 9.17) is 4.74 Å². The van der Waals surface area contributed by atoms with E-state index >= 15 is 0 Å². The van der Waals surface area contributed by atoms with Crippen molar-refractivity contribution < 1.29 is 17.9 Å². The first kappa shape index (κ1) is 25.8. The number of sulfonamides is 1. The second kappa shape index (κ2) is 10.6. The molecule has 8 heteroatoms. The Labute approximate surface area is 229 Å². The number of morpholine rings is 1. The zero-order chi connectivity index (χ0) is 26.9. The van der Waals surface area contributed by atoms with Crippen molar-refractivity contribution in [3.8, 4) is 11.1 Å². The number of hydrogen-bond acceptors (Lipinski definition) is 6. The van der Waals surface area contributed by atoms with Crippen LogP contribution in [0.15, 0.2) is 96.0 Å². The van der Waals surface area contributed by atoms with Crippen LogP contribution < -0.4 is 0 Å². The second-order valence-electron chi connectivity index (χ2n) is 10.5. The molecule has 39 heavy (non-hydrogen) atoms. The van der Waals surface area contributed by atoms with Crippen LogP contribution in [0, 0.1) is 0 Å². The molecule has 6 rings (SSSR count). The van der Waals surface area contributed by atoms with Crippen LogP contribution in [0.5, 0.6) is 0 Å². The van der Waals surface area contributed by atoms with Gasteiger partial charge in [-0.2, -0.15) is 4.31 Å². The average Bonchev–Trinajstić information content (AvgIpc) is 2.97. The molecule has 0 saturated carbocycles. The summed E-state index contributed by atoms with van der Waals surface area (Å²) in [6.07, 6.45) is 3.22. The van der Waals surface area contributed by atoms with Gasteiger partial charge in [-0.25, -0.2) is 8.42 Å². The third-order valence-corrected chi connectivity index (χ3v) is 9.73. The molecule has 0 bridgehead atoms. The van der Waals surface area contributed by atoms with Gasteiger partial charge in [0.2, 0.25) is 10.0 Å². The molecule has 2 fully saturated rings. The number of fused-ring (bicyclic) bond motifs is 1. The molecule has 3 heterocycles. The Morgan fingerprint density at radius 2 is 1.67 bits per heavy atom. The molecule has 7 nitrogen and oxygen atoms in total. The molecular weight excluding hydrogens is 510 g/mol. The summed E-state index contributed by atoms with van der Waals surface area (Å²) in [5.41, 5.74) is 3.48. The normalized spacial score (nSPS) is 20.3. The number of aromatic nitrogens is 1. The van der Waals surface area contributed by atoms with E-state index in [0.717, 1.165) is 34.9 Å². The molecule has 3 aromatic carbocycles. The number of pyridine rings is 1. The van der Waals surface area contributed by atoms with Crippen molar-refractivity contribution in [3.05, 3.63) is 96.7 Å². The average molecular weight is 542 g/mol. The maximum absolute atomic E-state index is 13.5. The quantitative estimate of drug-likeness (QED) is 0.334. The fraction of sp³-hybridized carbons (Fsp3) is 0.290. The van der Waals surface area contributed by atoms with Crippen LogP contribution in [0.1, 0.15) is 18.4 Å². The molecule has 2 aliphatic rings. The van der Waals surface area contributed by atoms with Gasteiger partial charge in [0.1, 0.15) is 12.4 Å². The molecule has 0 N–H and O–H groups in total. The van der Waals surface area contributed by atoms with E-state index < -0.39 is 21.7 Å². The molecule has 1 spiro atoms. The summed E-state index contributed by atoms with van der Waals surface area (Å²) in [6, 6.07) is 27.2. The van der Waals surface area contributed by atoms with Gasteiger partial charge in [-0.15, -0.1) is 0 Å². The summed E-state index contributed by atoms with van der Waals surface area (Å²) in [5, 5.41) is 1.06. The van der Waals surface area contributed by atoms with E-state index in [1.165, 1.54) is 5.56 Å². The Kier molecular flexibility index (Phi) is 7.03. The zero-order valence-electron chi connectivity index (χ0n) is 21.6. The molecule has 1 atom stereocenters. The number of ether oxygens (including phenoxy) is 1. The number of rotatable bonds is 6. The highest BCUT2D eigenvalue weighted by Crippen LogP contribution is 2.35. The molecule has 200 valence electrons. The summed E-state index contributed by atoms with van der Waals surface area (Å²) in [4.78, 5) is 18.7. The Morgan fingerprint density at radius 3 is 2.41 bits per heavy atom. The van der Waals surface area contributed by atoms with Crippen molar-refractivity contribution in [1.29, 1.82) is 0 Å². The van der Waals surface area contributed by atoms with E-state index in [2.05, 4.69) is 22.0 Å². The van der Waals surface area contributed by atoms with Crippen molar-refractivity contribution in [2.75, 3.05) is 26.2 Å². The Bertz CT molecular complexity index is 1570. The summed E-state index contributed by atoms with van der Waals surface area (Å²) in [6.45, 7) is 2.66. The van der Waals surface area contributed by atoms with Crippen molar-refractivity contribution in [2.45, 2.75) is 36.0 Å². The number of benzene rings is 3. The van der Waals surface area contributed by atoms with Gasteiger partial charge in [0.05, 0.1) is 16.0 Å². The third kappa shape index (κ3) is 5.38. The second-order valence-corrected chi connectivity index (χ2v) is 12.4. The first-order valence-corrected chi connectivity index (χ1v) is 14.7. The lowest BCUT2D eigenvalue weighted by atomic mass is 9.89. The molecule has 4 aromatic rings. The molecule has 1 unspecified atom stereocenters. The maximum Gasteiger partial charge on any atom is 0.243 e. The first-order valence-electron chi connectivity index (χ1n) is 13.3.